The Balaban J connectivity index is 0.00000500. The van der Waals surface area contributed by atoms with Gasteiger partial charge in [0.05, 0.1) is 6.10 Å². The molecule has 11 heteroatoms. The van der Waals surface area contributed by atoms with Gasteiger partial charge in [-0.25, -0.2) is 0 Å². The molecule has 3 aliphatic heterocycles. The summed E-state index contributed by atoms with van der Waals surface area (Å²) < 4.78 is 11.4. The number of hydrogen-bond donors (Lipinski definition) is 3. The summed E-state index contributed by atoms with van der Waals surface area (Å²) in [5.41, 5.74) is 0.853. The summed E-state index contributed by atoms with van der Waals surface area (Å²) in [6.07, 6.45) is 3.32. The lowest BCUT2D eigenvalue weighted by molar-refractivity contribution is -0.166. The molecule has 5 rings (SSSR count). The molecule has 10 nitrogen and oxygen atoms in total. The van der Waals surface area contributed by atoms with E-state index in [1.807, 2.05) is 24.3 Å². The topological polar surface area (TPSA) is 120 Å². The maximum Gasteiger partial charge on any atom is 0.251 e. The van der Waals surface area contributed by atoms with Gasteiger partial charge in [0.25, 0.3) is 5.91 Å². The number of aliphatic hydroxyl groups excluding tert-OH is 1. The number of carbonyl (C=O) groups is 3. The van der Waals surface area contributed by atoms with Crippen LogP contribution in [0.1, 0.15) is 75.2 Å². The molecule has 258 valence electrons. The summed E-state index contributed by atoms with van der Waals surface area (Å²) in [5.74, 6) is 1.32. The van der Waals surface area contributed by atoms with Crippen LogP contribution in [0, 0.1) is 11.8 Å². The van der Waals surface area contributed by atoms with Crippen molar-refractivity contribution in [1.82, 2.24) is 20.4 Å². The molecule has 3 N–H and O–H groups in total. The van der Waals surface area contributed by atoms with Crippen LogP contribution in [0.15, 0.2) is 48.5 Å². The van der Waals surface area contributed by atoms with Gasteiger partial charge in [0.15, 0.2) is 0 Å². The first-order chi connectivity index (χ1) is 22.2. The highest BCUT2D eigenvalue weighted by atomic mass is 35.5. The fourth-order valence-corrected chi connectivity index (χ4v) is 6.75. The van der Waals surface area contributed by atoms with Crippen LogP contribution in [0.2, 0.25) is 0 Å². The molecular weight excluding hydrogens is 620 g/mol. The molecule has 0 saturated carbocycles. The van der Waals surface area contributed by atoms with E-state index < -0.39 is 17.7 Å². The second kappa shape index (κ2) is 16.8. The van der Waals surface area contributed by atoms with Crippen molar-refractivity contribution >= 4 is 30.1 Å². The average molecular weight is 671 g/mol. The molecule has 2 atom stereocenters. The van der Waals surface area contributed by atoms with Crippen molar-refractivity contribution in [2.75, 3.05) is 39.4 Å². The van der Waals surface area contributed by atoms with Gasteiger partial charge in [0.2, 0.25) is 11.8 Å². The highest BCUT2D eigenvalue weighted by Gasteiger charge is 2.55. The largest absolute Gasteiger partial charge is 0.457 e. The van der Waals surface area contributed by atoms with E-state index in [2.05, 4.69) is 36.3 Å². The van der Waals surface area contributed by atoms with Gasteiger partial charge in [-0.3, -0.25) is 19.3 Å². The minimum atomic E-state index is -0.908. The maximum absolute atomic E-state index is 13.8. The number of amides is 3. The first kappa shape index (κ1) is 36.7. The number of hydrogen-bond acceptors (Lipinski definition) is 7. The number of ether oxygens (including phenoxy) is 2. The summed E-state index contributed by atoms with van der Waals surface area (Å²) >= 11 is 0. The van der Waals surface area contributed by atoms with Gasteiger partial charge in [-0.05, 0) is 85.9 Å². The van der Waals surface area contributed by atoms with Crippen LogP contribution in [0.3, 0.4) is 0 Å². The van der Waals surface area contributed by atoms with E-state index in [1.165, 1.54) is 0 Å². The van der Waals surface area contributed by atoms with Crippen LogP contribution in [-0.4, -0.2) is 89.7 Å². The molecule has 2 aromatic rings. The van der Waals surface area contributed by atoms with Gasteiger partial charge >= 0.3 is 0 Å². The van der Waals surface area contributed by atoms with Gasteiger partial charge in [-0.2, -0.15) is 0 Å². The van der Waals surface area contributed by atoms with Gasteiger partial charge in [0.1, 0.15) is 23.1 Å². The van der Waals surface area contributed by atoms with Gasteiger partial charge in [-0.1, -0.05) is 39.3 Å². The van der Waals surface area contributed by atoms with Crippen LogP contribution < -0.4 is 15.4 Å². The van der Waals surface area contributed by atoms with Crippen LogP contribution in [-0.2, 0) is 20.9 Å². The van der Waals surface area contributed by atoms with Crippen LogP contribution in [0.25, 0.3) is 0 Å². The lowest BCUT2D eigenvalue weighted by Crippen LogP contribution is -2.75. The zero-order chi connectivity index (χ0) is 32.7. The molecule has 1 spiro atoms. The monoisotopic (exact) mass is 670 g/mol. The minimum absolute atomic E-state index is 0. The van der Waals surface area contributed by atoms with E-state index in [9.17, 15) is 19.5 Å². The number of benzene rings is 2. The van der Waals surface area contributed by atoms with E-state index in [1.54, 1.807) is 29.2 Å². The van der Waals surface area contributed by atoms with Crippen LogP contribution >= 0.6 is 12.4 Å². The number of piperidine rings is 1. The third-order valence-corrected chi connectivity index (χ3v) is 9.62. The van der Waals surface area contributed by atoms with Crippen molar-refractivity contribution in [3.8, 4) is 11.5 Å². The lowest BCUT2D eigenvalue weighted by atomic mass is 9.79. The Hall–Kier alpha value is -3.18. The summed E-state index contributed by atoms with van der Waals surface area (Å²) in [5, 5.41) is 17.0. The Kier molecular flexibility index (Phi) is 13.1. The molecule has 0 radical (unpaired) electrons. The molecule has 3 heterocycles. The van der Waals surface area contributed by atoms with E-state index in [-0.39, 0.29) is 36.0 Å². The number of nitrogens with one attached hydrogen (secondary N) is 2. The molecular formula is C36H51ClN4O6. The number of nitrogens with zero attached hydrogens (tertiary/aromatic N) is 2. The molecule has 0 bridgehead atoms. The minimum Gasteiger partial charge on any atom is -0.457 e. The molecule has 3 fully saturated rings. The van der Waals surface area contributed by atoms with Crippen molar-refractivity contribution in [3.63, 3.8) is 0 Å². The number of likely N-dealkylation sites (tertiary alicyclic amines) is 1. The Morgan fingerprint density at radius 2 is 1.66 bits per heavy atom. The third-order valence-electron chi connectivity index (χ3n) is 9.62. The van der Waals surface area contributed by atoms with E-state index in [0.717, 1.165) is 24.9 Å². The van der Waals surface area contributed by atoms with Gasteiger partial charge in [0, 0.05) is 51.5 Å². The summed E-state index contributed by atoms with van der Waals surface area (Å²) in [7, 11) is 0. The van der Waals surface area contributed by atoms with Gasteiger partial charge < -0.3 is 30.1 Å². The van der Waals surface area contributed by atoms with Crippen LogP contribution in [0.5, 0.6) is 11.5 Å². The zero-order valence-electron chi connectivity index (χ0n) is 27.9. The fourth-order valence-electron chi connectivity index (χ4n) is 6.75. The Morgan fingerprint density at radius 3 is 2.26 bits per heavy atom. The second-order valence-corrected chi connectivity index (χ2v) is 13.4. The first-order valence-electron chi connectivity index (χ1n) is 17.0. The standard InChI is InChI=1S/C36H50N4O6.ClH/c1-4-5-18-40-34(43)31(32(41)27-14-21-45-22-15-27)38-35(44)36(40)16-19-39(20-17-36)24-26-6-10-29(11-7-26)46-30-12-8-28(9-13-30)33(42)37-23-25(2)3;/h6-13,25,27,31-32,41H,4-5,14-24H2,1-3H3,(H,37,42)(H,38,44);1H/t31-,32-;/m1./s1. The number of rotatable bonds is 12. The number of piperazine rings is 1. The molecule has 3 saturated heterocycles. The smallest absolute Gasteiger partial charge is 0.251 e. The van der Waals surface area contributed by atoms with Crippen molar-refractivity contribution < 1.29 is 29.0 Å². The number of halogens is 1. The quantitative estimate of drug-likeness (QED) is 0.303. The molecule has 0 unspecified atom stereocenters. The summed E-state index contributed by atoms with van der Waals surface area (Å²) in [6.45, 7) is 10.6. The third kappa shape index (κ3) is 8.84. The molecule has 47 heavy (non-hydrogen) atoms. The Morgan fingerprint density at radius 1 is 1.04 bits per heavy atom. The lowest BCUT2D eigenvalue weighted by Gasteiger charge is -2.52. The average Bonchev–Trinajstić information content (AvgIpc) is 3.07. The SMILES string of the molecule is CCCCN1C(=O)[C@@H]([C@H](O)C2CCOCC2)NC(=O)C12CCN(Cc1ccc(Oc3ccc(C(=O)NCC(C)C)cc3)cc1)CC2.Cl. The Bertz CT molecular complexity index is 1320. The number of aliphatic hydroxyl groups is 1. The van der Waals surface area contributed by atoms with E-state index in [4.69, 9.17) is 9.47 Å². The van der Waals surface area contributed by atoms with Crippen molar-refractivity contribution in [2.24, 2.45) is 11.8 Å². The molecule has 3 aliphatic rings. The van der Waals surface area contributed by atoms with Crippen molar-refractivity contribution in [3.05, 3.63) is 59.7 Å². The second-order valence-electron chi connectivity index (χ2n) is 13.4. The molecule has 2 aromatic carbocycles. The Labute approximate surface area is 285 Å². The summed E-state index contributed by atoms with van der Waals surface area (Å²) in [4.78, 5) is 44.0. The molecule has 0 aromatic heterocycles. The first-order valence-corrected chi connectivity index (χ1v) is 17.0. The normalized spacial score (nSPS) is 20.9. The molecule has 3 amide bonds. The van der Waals surface area contributed by atoms with Gasteiger partial charge in [-0.15, -0.1) is 12.4 Å². The predicted octanol–water partition coefficient (Wildman–Crippen LogP) is 4.54. The fraction of sp³-hybridized carbons (Fsp3) is 0.583. The van der Waals surface area contributed by atoms with Crippen molar-refractivity contribution in [2.45, 2.75) is 83.5 Å². The van der Waals surface area contributed by atoms with E-state index >= 15 is 0 Å². The van der Waals surface area contributed by atoms with Crippen molar-refractivity contribution in [1.29, 1.82) is 0 Å². The summed E-state index contributed by atoms with van der Waals surface area (Å²) in [6, 6.07) is 14.2. The highest BCUT2D eigenvalue weighted by Crippen LogP contribution is 2.36. The number of carbonyl (C=O) groups excluding carboxylic acids is 3. The maximum atomic E-state index is 13.8. The highest BCUT2D eigenvalue weighted by molar-refractivity contribution is 6.00. The number of unbranched alkanes of at least 4 members (excludes halogenated alkanes) is 1. The molecule has 0 aliphatic carbocycles. The van der Waals surface area contributed by atoms with Crippen LogP contribution in [0.4, 0.5) is 0 Å². The zero-order valence-corrected chi connectivity index (χ0v) is 28.7. The predicted molar refractivity (Wildman–Crippen MR) is 183 cm³/mol. The van der Waals surface area contributed by atoms with E-state index in [0.29, 0.717) is 88.1 Å².